The van der Waals surface area contributed by atoms with Gasteiger partial charge in [0.2, 0.25) is 0 Å². The third kappa shape index (κ3) is 1.36. The highest BCUT2D eigenvalue weighted by Gasteiger charge is 2.39. The number of aliphatic hydroxyl groups excluding tert-OH is 1. The van der Waals surface area contributed by atoms with Crippen LogP contribution in [0.25, 0.3) is 0 Å². The van der Waals surface area contributed by atoms with Crippen LogP contribution in [0.5, 0.6) is 0 Å². The molecule has 0 aromatic heterocycles. The van der Waals surface area contributed by atoms with Gasteiger partial charge in [0.25, 0.3) is 0 Å². The lowest BCUT2D eigenvalue weighted by Gasteiger charge is -1.96. The molecular formula is C10H12O2. The van der Waals surface area contributed by atoms with E-state index in [2.05, 4.69) is 19.1 Å². The van der Waals surface area contributed by atoms with Crippen LogP contribution in [0.15, 0.2) is 24.3 Å². The molecule has 1 heterocycles. The Bertz CT molecular complexity index is 283. The van der Waals surface area contributed by atoms with E-state index >= 15 is 0 Å². The van der Waals surface area contributed by atoms with Crippen LogP contribution in [-0.4, -0.2) is 17.8 Å². The summed E-state index contributed by atoms with van der Waals surface area (Å²) < 4.78 is 5.26. The predicted molar refractivity (Wildman–Crippen MR) is 45.9 cm³/mol. The molecule has 1 N–H and O–H groups in total. The summed E-state index contributed by atoms with van der Waals surface area (Å²) in [6.07, 6.45) is 0.168. The van der Waals surface area contributed by atoms with Crippen molar-refractivity contribution in [1.82, 2.24) is 0 Å². The average molecular weight is 164 g/mol. The number of epoxide rings is 1. The fraction of sp³-hybridized carbons (Fsp3) is 0.400. The van der Waals surface area contributed by atoms with Gasteiger partial charge >= 0.3 is 0 Å². The Balaban J connectivity index is 2.14. The van der Waals surface area contributed by atoms with Gasteiger partial charge < -0.3 is 9.84 Å². The summed E-state index contributed by atoms with van der Waals surface area (Å²) in [5, 5.41) is 8.78. The van der Waals surface area contributed by atoms with Crippen LogP contribution in [0, 0.1) is 6.92 Å². The van der Waals surface area contributed by atoms with E-state index in [9.17, 15) is 0 Å². The zero-order valence-corrected chi connectivity index (χ0v) is 7.03. The number of benzene rings is 1. The minimum Gasteiger partial charge on any atom is -0.394 e. The van der Waals surface area contributed by atoms with Crippen molar-refractivity contribution in [2.45, 2.75) is 19.1 Å². The highest BCUT2D eigenvalue weighted by molar-refractivity contribution is 5.27. The monoisotopic (exact) mass is 164 g/mol. The normalized spacial score (nSPS) is 27.2. The van der Waals surface area contributed by atoms with Gasteiger partial charge in [0, 0.05) is 0 Å². The summed E-state index contributed by atoms with van der Waals surface area (Å²) in [4.78, 5) is 0. The lowest BCUT2D eigenvalue weighted by atomic mass is 10.1. The number of rotatable bonds is 2. The first kappa shape index (κ1) is 7.77. The van der Waals surface area contributed by atoms with E-state index in [1.807, 2.05) is 12.1 Å². The summed E-state index contributed by atoms with van der Waals surface area (Å²) >= 11 is 0. The molecule has 2 heteroatoms. The quantitative estimate of drug-likeness (QED) is 0.671. The molecule has 12 heavy (non-hydrogen) atoms. The molecule has 1 aromatic rings. The van der Waals surface area contributed by atoms with E-state index in [4.69, 9.17) is 9.84 Å². The second-order valence-corrected chi connectivity index (χ2v) is 3.19. The Kier molecular flexibility index (Phi) is 1.87. The zero-order valence-electron chi connectivity index (χ0n) is 7.03. The molecule has 2 atom stereocenters. The Morgan fingerprint density at radius 3 is 2.92 bits per heavy atom. The van der Waals surface area contributed by atoms with Gasteiger partial charge in [-0.3, -0.25) is 0 Å². The molecule has 2 rings (SSSR count). The molecule has 1 aliphatic rings. The second kappa shape index (κ2) is 2.88. The molecule has 64 valence electrons. The minimum absolute atomic E-state index is 0.0341. The number of aryl methyl sites for hydroxylation is 1. The number of ether oxygens (including phenoxy) is 1. The summed E-state index contributed by atoms with van der Waals surface area (Å²) in [6.45, 7) is 2.18. The van der Waals surface area contributed by atoms with Crippen LogP contribution in [0.2, 0.25) is 0 Å². The van der Waals surface area contributed by atoms with Crippen LogP contribution in [-0.2, 0) is 4.74 Å². The first-order valence-corrected chi connectivity index (χ1v) is 4.14. The third-order valence-corrected chi connectivity index (χ3v) is 2.13. The Labute approximate surface area is 71.8 Å². The van der Waals surface area contributed by atoms with Crippen LogP contribution in [0.3, 0.4) is 0 Å². The van der Waals surface area contributed by atoms with Crippen LogP contribution in [0.1, 0.15) is 17.2 Å². The van der Waals surface area contributed by atoms with E-state index in [0.29, 0.717) is 0 Å². The Hall–Kier alpha value is -0.860. The smallest absolute Gasteiger partial charge is 0.112 e. The van der Waals surface area contributed by atoms with Crippen molar-refractivity contribution in [3.05, 3.63) is 35.4 Å². The Morgan fingerprint density at radius 1 is 1.50 bits per heavy atom. The largest absolute Gasteiger partial charge is 0.394 e. The fourth-order valence-corrected chi connectivity index (χ4v) is 1.42. The van der Waals surface area contributed by atoms with Crippen molar-refractivity contribution in [3.63, 3.8) is 0 Å². The molecular weight excluding hydrogens is 152 g/mol. The molecule has 1 aromatic carbocycles. The van der Waals surface area contributed by atoms with Gasteiger partial charge in [0.1, 0.15) is 12.2 Å². The molecule has 0 radical (unpaired) electrons. The lowest BCUT2D eigenvalue weighted by Crippen LogP contribution is -1.94. The molecule has 0 saturated carbocycles. The molecule has 0 bridgehead atoms. The van der Waals surface area contributed by atoms with Crippen molar-refractivity contribution >= 4 is 0 Å². The van der Waals surface area contributed by atoms with Gasteiger partial charge in [-0.2, -0.15) is 0 Å². The summed E-state index contributed by atoms with van der Waals surface area (Å²) in [5.41, 5.74) is 2.41. The predicted octanol–water partition coefficient (Wildman–Crippen LogP) is 1.43. The maximum Gasteiger partial charge on any atom is 0.112 e. The first-order chi connectivity index (χ1) is 5.81. The van der Waals surface area contributed by atoms with Crippen molar-refractivity contribution in [1.29, 1.82) is 0 Å². The highest BCUT2D eigenvalue weighted by atomic mass is 16.6. The molecule has 1 fully saturated rings. The number of hydrogen-bond acceptors (Lipinski definition) is 2. The topological polar surface area (TPSA) is 32.8 Å². The fourth-order valence-electron chi connectivity index (χ4n) is 1.42. The van der Waals surface area contributed by atoms with E-state index in [-0.39, 0.29) is 18.8 Å². The average Bonchev–Trinajstić information content (AvgIpc) is 2.83. The van der Waals surface area contributed by atoms with E-state index in [0.717, 1.165) is 0 Å². The molecule has 1 saturated heterocycles. The SMILES string of the molecule is Cc1cccc([C@@H]2O[C@H]2CO)c1. The van der Waals surface area contributed by atoms with Crippen molar-refractivity contribution in [2.24, 2.45) is 0 Å². The highest BCUT2D eigenvalue weighted by Crippen LogP contribution is 2.38. The second-order valence-electron chi connectivity index (χ2n) is 3.19. The molecule has 2 nitrogen and oxygen atoms in total. The molecule has 0 spiro atoms. The van der Waals surface area contributed by atoms with Crippen molar-refractivity contribution in [3.8, 4) is 0 Å². The Morgan fingerprint density at radius 2 is 2.33 bits per heavy atom. The van der Waals surface area contributed by atoms with Gasteiger partial charge in [-0.1, -0.05) is 29.8 Å². The van der Waals surface area contributed by atoms with Gasteiger partial charge in [-0.25, -0.2) is 0 Å². The standard InChI is InChI=1S/C10H12O2/c1-7-3-2-4-8(5-7)10-9(6-11)12-10/h2-5,9-11H,6H2,1H3/t9-,10-/m0/s1. The van der Waals surface area contributed by atoms with Crippen molar-refractivity contribution in [2.75, 3.05) is 6.61 Å². The summed E-state index contributed by atoms with van der Waals surface area (Å²) in [5.74, 6) is 0. The van der Waals surface area contributed by atoms with E-state index in [1.54, 1.807) is 0 Å². The molecule has 0 unspecified atom stereocenters. The van der Waals surface area contributed by atoms with Crippen LogP contribution >= 0.6 is 0 Å². The minimum atomic E-state index is 0.0341. The van der Waals surface area contributed by atoms with E-state index < -0.39 is 0 Å². The third-order valence-electron chi connectivity index (χ3n) is 2.13. The first-order valence-electron chi connectivity index (χ1n) is 4.14. The van der Waals surface area contributed by atoms with Gasteiger partial charge in [0.15, 0.2) is 0 Å². The maximum absolute atomic E-state index is 8.78. The lowest BCUT2D eigenvalue weighted by molar-refractivity contribution is 0.242. The molecule has 1 aliphatic heterocycles. The molecule has 0 amide bonds. The van der Waals surface area contributed by atoms with E-state index in [1.165, 1.54) is 11.1 Å². The van der Waals surface area contributed by atoms with Crippen LogP contribution in [0.4, 0.5) is 0 Å². The van der Waals surface area contributed by atoms with Gasteiger partial charge in [-0.05, 0) is 12.5 Å². The summed E-state index contributed by atoms with van der Waals surface area (Å²) in [6, 6.07) is 8.20. The number of aliphatic hydroxyl groups is 1. The summed E-state index contributed by atoms with van der Waals surface area (Å²) in [7, 11) is 0. The molecule has 0 aliphatic carbocycles. The number of hydrogen-bond donors (Lipinski definition) is 1. The van der Waals surface area contributed by atoms with Crippen molar-refractivity contribution < 1.29 is 9.84 Å². The van der Waals surface area contributed by atoms with Gasteiger partial charge in [-0.15, -0.1) is 0 Å². The zero-order chi connectivity index (χ0) is 8.55. The maximum atomic E-state index is 8.78. The van der Waals surface area contributed by atoms with Crippen LogP contribution < -0.4 is 0 Å². The van der Waals surface area contributed by atoms with Gasteiger partial charge in [0.05, 0.1) is 6.61 Å².